The van der Waals surface area contributed by atoms with E-state index >= 15 is 0 Å². The zero-order valence-corrected chi connectivity index (χ0v) is 18.6. The highest BCUT2D eigenvalue weighted by Gasteiger charge is 2.30. The van der Waals surface area contributed by atoms with E-state index in [1.807, 2.05) is 12.1 Å². The third-order valence-corrected chi connectivity index (χ3v) is 7.22. The molecule has 1 amide bonds. The number of halogens is 3. The Kier molecular flexibility index (Phi) is 6.93. The van der Waals surface area contributed by atoms with Crippen LogP contribution in [0.15, 0.2) is 71.6 Å². The molecule has 3 rings (SSSR count). The predicted molar refractivity (Wildman–Crippen MR) is 121 cm³/mol. The number of hydrogen-bond acceptors (Lipinski definition) is 3. The summed E-state index contributed by atoms with van der Waals surface area (Å²) in [5.74, 6) is -0.815. The number of nitrogens with two attached hydrogens (primary N) is 1. The molecule has 0 aliphatic heterocycles. The Morgan fingerprint density at radius 3 is 2.13 bits per heavy atom. The molecule has 0 fully saturated rings. The molecule has 0 bridgehead atoms. The van der Waals surface area contributed by atoms with Crippen molar-refractivity contribution in [1.29, 1.82) is 0 Å². The number of carbonyl (C=O) groups excluding carboxylic acids is 1. The molecule has 0 saturated carbocycles. The number of rotatable bonds is 7. The summed E-state index contributed by atoms with van der Waals surface area (Å²) >= 11 is 18.6. The second-order valence-electron chi connectivity index (χ2n) is 6.45. The lowest BCUT2D eigenvalue weighted by Crippen LogP contribution is -2.39. The summed E-state index contributed by atoms with van der Waals surface area (Å²) in [4.78, 5) is 11.6. The average Bonchev–Trinajstić information content (AvgIpc) is 2.68. The lowest BCUT2D eigenvalue weighted by atomic mass is 10.0. The lowest BCUT2D eigenvalue weighted by Gasteiger charge is -2.26. The van der Waals surface area contributed by atoms with Crippen LogP contribution in [0.5, 0.6) is 0 Å². The Labute approximate surface area is 190 Å². The number of hydrogen-bond donors (Lipinski definition) is 1. The molecule has 2 N–H and O–H groups in total. The quantitative estimate of drug-likeness (QED) is 0.518. The third kappa shape index (κ3) is 4.90. The van der Waals surface area contributed by atoms with E-state index in [2.05, 4.69) is 0 Å². The Balaban J connectivity index is 2.17. The minimum atomic E-state index is -4.19. The molecule has 0 aliphatic rings. The fraction of sp³-hybridized carbons (Fsp3) is 0.0952. The number of anilines is 1. The standard InChI is InChI=1S/C21H17Cl3N2O3S/c22-16-9-10-19(15(12-16)11-14-5-1-2-6-17(14)23)26(13-21(25)27)30(28,29)20-8-4-3-7-18(20)24/h1-10,12H,11,13H2,(H2,25,27). The van der Waals surface area contributed by atoms with Gasteiger partial charge in [0.2, 0.25) is 5.91 Å². The van der Waals surface area contributed by atoms with E-state index in [-0.39, 0.29) is 15.6 Å². The summed E-state index contributed by atoms with van der Waals surface area (Å²) in [6, 6.07) is 17.9. The van der Waals surface area contributed by atoms with Gasteiger partial charge in [0.05, 0.1) is 10.7 Å². The molecule has 0 aromatic heterocycles. The Morgan fingerprint density at radius 2 is 1.50 bits per heavy atom. The van der Waals surface area contributed by atoms with Crippen molar-refractivity contribution in [2.24, 2.45) is 5.73 Å². The van der Waals surface area contributed by atoms with E-state index in [4.69, 9.17) is 40.5 Å². The van der Waals surface area contributed by atoms with Gasteiger partial charge in [-0.1, -0.05) is 65.1 Å². The molecule has 0 unspecified atom stereocenters. The molecule has 0 atom stereocenters. The molecule has 0 spiro atoms. The third-order valence-electron chi connectivity index (χ3n) is 4.35. The summed E-state index contributed by atoms with van der Waals surface area (Å²) in [5.41, 5.74) is 6.97. The molecule has 0 heterocycles. The van der Waals surface area contributed by atoms with Crippen molar-refractivity contribution in [2.75, 3.05) is 10.8 Å². The van der Waals surface area contributed by atoms with Gasteiger partial charge in [-0.15, -0.1) is 0 Å². The van der Waals surface area contributed by atoms with Crippen LogP contribution in [0.4, 0.5) is 5.69 Å². The van der Waals surface area contributed by atoms with E-state index in [0.717, 1.165) is 9.87 Å². The van der Waals surface area contributed by atoms with Crippen molar-refractivity contribution in [1.82, 2.24) is 0 Å². The first kappa shape index (κ1) is 22.4. The maximum absolute atomic E-state index is 13.4. The maximum atomic E-state index is 13.4. The first-order valence-electron chi connectivity index (χ1n) is 8.77. The molecular weight excluding hydrogens is 467 g/mol. The van der Waals surface area contributed by atoms with Crippen molar-refractivity contribution >= 4 is 56.4 Å². The van der Waals surface area contributed by atoms with E-state index in [1.165, 1.54) is 18.2 Å². The van der Waals surface area contributed by atoms with E-state index < -0.39 is 22.5 Å². The topological polar surface area (TPSA) is 80.5 Å². The summed E-state index contributed by atoms with van der Waals surface area (Å²) in [7, 11) is -4.19. The summed E-state index contributed by atoms with van der Waals surface area (Å²) in [6.45, 7) is -0.565. The molecule has 3 aromatic carbocycles. The molecule has 5 nitrogen and oxygen atoms in total. The molecule has 0 aliphatic carbocycles. The lowest BCUT2D eigenvalue weighted by molar-refractivity contribution is -0.116. The molecule has 156 valence electrons. The number of carbonyl (C=O) groups is 1. The van der Waals surface area contributed by atoms with Gasteiger partial charge in [0.15, 0.2) is 0 Å². The fourth-order valence-corrected chi connectivity index (χ4v) is 5.36. The molecular formula is C21H17Cl3N2O3S. The van der Waals surface area contributed by atoms with Gasteiger partial charge in [-0.25, -0.2) is 8.42 Å². The first-order chi connectivity index (χ1) is 14.2. The van der Waals surface area contributed by atoms with Crippen LogP contribution in [-0.4, -0.2) is 20.9 Å². The summed E-state index contributed by atoms with van der Waals surface area (Å²) in [6.07, 6.45) is 0.295. The van der Waals surface area contributed by atoms with Crippen LogP contribution in [0, 0.1) is 0 Å². The normalized spacial score (nSPS) is 11.3. The van der Waals surface area contributed by atoms with Crippen molar-refractivity contribution in [3.63, 3.8) is 0 Å². The Hall–Kier alpha value is -2.25. The molecule has 0 radical (unpaired) electrons. The second kappa shape index (κ2) is 9.27. The van der Waals surface area contributed by atoms with Gasteiger partial charge in [-0.2, -0.15) is 0 Å². The van der Waals surface area contributed by atoms with E-state index in [9.17, 15) is 13.2 Å². The number of sulfonamides is 1. The predicted octanol–water partition coefficient (Wildman–Crippen LogP) is 4.92. The number of nitrogens with zero attached hydrogens (tertiary/aromatic N) is 1. The maximum Gasteiger partial charge on any atom is 0.266 e. The number of primary amides is 1. The Bertz CT molecular complexity index is 1200. The van der Waals surface area contributed by atoms with Crippen LogP contribution in [0.2, 0.25) is 15.1 Å². The van der Waals surface area contributed by atoms with E-state index in [0.29, 0.717) is 22.0 Å². The average molecular weight is 484 g/mol. The minimum absolute atomic E-state index is 0.0357. The second-order valence-corrected chi connectivity index (χ2v) is 9.53. The fourth-order valence-electron chi connectivity index (χ4n) is 3.00. The molecule has 30 heavy (non-hydrogen) atoms. The highest BCUT2D eigenvalue weighted by molar-refractivity contribution is 7.93. The van der Waals surface area contributed by atoms with Gasteiger partial charge in [-0.3, -0.25) is 9.10 Å². The van der Waals surface area contributed by atoms with Crippen LogP contribution in [0.25, 0.3) is 0 Å². The van der Waals surface area contributed by atoms with Crippen LogP contribution in [0.1, 0.15) is 11.1 Å². The van der Waals surface area contributed by atoms with Gasteiger partial charge in [0, 0.05) is 16.5 Å². The van der Waals surface area contributed by atoms with Crippen LogP contribution >= 0.6 is 34.8 Å². The largest absolute Gasteiger partial charge is 0.368 e. The summed E-state index contributed by atoms with van der Waals surface area (Å²) < 4.78 is 27.8. The van der Waals surface area contributed by atoms with Crippen molar-refractivity contribution in [3.05, 3.63) is 92.9 Å². The minimum Gasteiger partial charge on any atom is -0.368 e. The number of amides is 1. The van der Waals surface area contributed by atoms with Gasteiger partial charge < -0.3 is 5.73 Å². The van der Waals surface area contributed by atoms with Crippen molar-refractivity contribution in [3.8, 4) is 0 Å². The molecule has 3 aromatic rings. The molecule has 0 saturated heterocycles. The summed E-state index contributed by atoms with van der Waals surface area (Å²) in [5, 5.41) is 0.974. The Morgan fingerprint density at radius 1 is 0.867 bits per heavy atom. The zero-order valence-electron chi connectivity index (χ0n) is 15.6. The SMILES string of the molecule is NC(=O)CN(c1ccc(Cl)cc1Cc1ccccc1Cl)S(=O)(=O)c1ccccc1Cl. The van der Waals surface area contributed by atoms with Crippen LogP contribution in [-0.2, 0) is 21.2 Å². The monoisotopic (exact) mass is 482 g/mol. The van der Waals surface area contributed by atoms with Crippen molar-refractivity contribution in [2.45, 2.75) is 11.3 Å². The van der Waals surface area contributed by atoms with E-state index in [1.54, 1.807) is 36.4 Å². The smallest absolute Gasteiger partial charge is 0.266 e. The van der Waals surface area contributed by atoms with Gasteiger partial charge in [-0.05, 0) is 47.5 Å². The molecule has 9 heteroatoms. The van der Waals surface area contributed by atoms with Gasteiger partial charge in [0.25, 0.3) is 10.0 Å². The van der Waals surface area contributed by atoms with Gasteiger partial charge >= 0.3 is 0 Å². The highest BCUT2D eigenvalue weighted by atomic mass is 35.5. The van der Waals surface area contributed by atoms with Crippen molar-refractivity contribution < 1.29 is 13.2 Å². The van der Waals surface area contributed by atoms with Gasteiger partial charge in [0.1, 0.15) is 11.4 Å². The highest BCUT2D eigenvalue weighted by Crippen LogP contribution is 2.33. The number of benzene rings is 3. The van der Waals surface area contributed by atoms with Crippen LogP contribution in [0.3, 0.4) is 0 Å². The zero-order chi connectivity index (χ0) is 21.9. The van der Waals surface area contributed by atoms with Crippen LogP contribution < -0.4 is 10.0 Å². The first-order valence-corrected chi connectivity index (χ1v) is 11.3.